The van der Waals surface area contributed by atoms with Crippen LogP contribution in [0.2, 0.25) is 0 Å². The topological polar surface area (TPSA) is 43.6 Å². The summed E-state index contributed by atoms with van der Waals surface area (Å²) in [7, 11) is 0. The second-order valence-corrected chi connectivity index (χ2v) is 20.7. The van der Waals surface area contributed by atoms with Gasteiger partial charge in [0.2, 0.25) is 5.95 Å². The van der Waals surface area contributed by atoms with Gasteiger partial charge in [-0.15, -0.1) is 0 Å². The molecule has 356 valence electrons. The third-order valence-electron chi connectivity index (χ3n) is 16.0. The van der Waals surface area contributed by atoms with Gasteiger partial charge in [0.15, 0.2) is 11.6 Å². The first-order valence-corrected chi connectivity index (χ1v) is 26.2. The zero-order valence-corrected chi connectivity index (χ0v) is 42.0. The number of fused-ring (bicyclic) bond motifs is 9. The first-order valence-electron chi connectivity index (χ1n) is 26.2. The van der Waals surface area contributed by atoms with Crippen molar-refractivity contribution in [3.05, 3.63) is 266 Å². The first-order chi connectivity index (χ1) is 37.4. The largest absolute Gasteiger partial charge is 0.278 e. The van der Waals surface area contributed by atoms with Crippen LogP contribution in [-0.4, -0.2) is 19.5 Å². The lowest BCUT2D eigenvalue weighted by molar-refractivity contribution is 0.661. The Bertz CT molecular complexity index is 4570. The molecule has 4 nitrogen and oxygen atoms in total. The summed E-state index contributed by atoms with van der Waals surface area (Å²) in [5.74, 6) is 1.77. The molecule has 1 aliphatic carbocycles. The SMILES string of the molecule is CC1(C)c2ccccc2-c2cc3c4ccccc4n(-c4nc(-c5ccccc5)nc(-c5cc(-c6ccccc6)cc(-c6ccc(-c7cccc8ccccc78)c7c(-c8cccc9ccccc89)cccc67)c5)n4)c3cc21. The van der Waals surface area contributed by atoms with Crippen molar-refractivity contribution in [2.75, 3.05) is 0 Å². The second-order valence-electron chi connectivity index (χ2n) is 20.7. The molecule has 0 aliphatic heterocycles. The van der Waals surface area contributed by atoms with E-state index in [0.29, 0.717) is 17.6 Å². The van der Waals surface area contributed by atoms with Gasteiger partial charge in [-0.2, -0.15) is 9.97 Å². The number of para-hydroxylation sites is 1. The molecule has 1 aliphatic rings. The summed E-state index contributed by atoms with van der Waals surface area (Å²) < 4.78 is 2.26. The molecule has 15 rings (SSSR count). The minimum Gasteiger partial charge on any atom is -0.278 e. The van der Waals surface area contributed by atoms with Gasteiger partial charge < -0.3 is 0 Å². The quantitative estimate of drug-likeness (QED) is 0.160. The van der Waals surface area contributed by atoms with Crippen LogP contribution < -0.4 is 0 Å². The van der Waals surface area contributed by atoms with Gasteiger partial charge >= 0.3 is 0 Å². The van der Waals surface area contributed by atoms with Crippen molar-refractivity contribution >= 4 is 54.1 Å². The van der Waals surface area contributed by atoms with Crippen LogP contribution in [0.25, 0.3) is 138 Å². The minimum absolute atomic E-state index is 0.192. The van der Waals surface area contributed by atoms with E-state index in [9.17, 15) is 0 Å². The van der Waals surface area contributed by atoms with Crippen LogP contribution in [0.3, 0.4) is 0 Å². The molecule has 76 heavy (non-hydrogen) atoms. The number of nitrogens with zero attached hydrogens (tertiary/aromatic N) is 4. The van der Waals surface area contributed by atoms with Gasteiger partial charge in [0, 0.05) is 27.3 Å². The molecule has 0 fully saturated rings. The normalized spacial score (nSPS) is 12.7. The van der Waals surface area contributed by atoms with Gasteiger partial charge in [-0.3, -0.25) is 4.57 Å². The number of hydrogen-bond donors (Lipinski definition) is 0. The van der Waals surface area contributed by atoms with Crippen molar-refractivity contribution < 1.29 is 0 Å². The van der Waals surface area contributed by atoms with Crippen LogP contribution in [0.15, 0.2) is 255 Å². The summed E-state index contributed by atoms with van der Waals surface area (Å²) in [6, 6.07) is 92.5. The Morgan fingerprint density at radius 2 is 0.803 bits per heavy atom. The van der Waals surface area contributed by atoms with E-state index in [2.05, 4.69) is 267 Å². The monoisotopic (exact) mass is 968 g/mol. The maximum atomic E-state index is 5.58. The number of benzene rings is 12. The lowest BCUT2D eigenvalue weighted by Gasteiger charge is -2.21. The Hall–Kier alpha value is -9.77. The summed E-state index contributed by atoms with van der Waals surface area (Å²) >= 11 is 0. The van der Waals surface area contributed by atoms with Gasteiger partial charge in [-0.25, -0.2) is 4.98 Å². The first kappa shape index (κ1) is 43.8. The van der Waals surface area contributed by atoms with E-state index in [0.717, 1.165) is 55.2 Å². The Morgan fingerprint density at radius 1 is 0.289 bits per heavy atom. The molecule has 2 aromatic heterocycles. The highest BCUT2D eigenvalue weighted by Gasteiger charge is 2.36. The molecule has 0 N–H and O–H groups in total. The molecule has 0 saturated heterocycles. The van der Waals surface area contributed by atoms with Crippen molar-refractivity contribution in [1.82, 2.24) is 19.5 Å². The van der Waals surface area contributed by atoms with E-state index in [4.69, 9.17) is 15.0 Å². The number of aromatic nitrogens is 4. The van der Waals surface area contributed by atoms with Crippen molar-refractivity contribution in [2.45, 2.75) is 19.3 Å². The molecule has 14 aromatic rings. The van der Waals surface area contributed by atoms with E-state index < -0.39 is 0 Å². The van der Waals surface area contributed by atoms with Gasteiger partial charge in [-0.1, -0.05) is 232 Å². The van der Waals surface area contributed by atoms with E-state index in [1.807, 2.05) is 6.07 Å². The van der Waals surface area contributed by atoms with Crippen molar-refractivity contribution in [2.24, 2.45) is 0 Å². The van der Waals surface area contributed by atoms with Crippen molar-refractivity contribution in [3.63, 3.8) is 0 Å². The molecule has 4 heteroatoms. The average Bonchev–Trinajstić information content (AvgIpc) is 4.08. The average molecular weight is 969 g/mol. The van der Waals surface area contributed by atoms with Gasteiger partial charge in [0.1, 0.15) is 0 Å². The summed E-state index contributed by atoms with van der Waals surface area (Å²) in [5, 5.41) is 9.56. The molecule has 0 amide bonds. The van der Waals surface area contributed by atoms with Gasteiger partial charge in [-0.05, 0) is 135 Å². The van der Waals surface area contributed by atoms with Crippen LogP contribution in [0.4, 0.5) is 0 Å². The third-order valence-corrected chi connectivity index (χ3v) is 16.0. The lowest BCUT2D eigenvalue weighted by atomic mass is 9.82. The van der Waals surface area contributed by atoms with Crippen LogP contribution in [0.5, 0.6) is 0 Å². The van der Waals surface area contributed by atoms with Crippen LogP contribution in [0, 0.1) is 0 Å². The highest BCUT2D eigenvalue weighted by Crippen LogP contribution is 2.51. The predicted octanol–water partition coefficient (Wildman–Crippen LogP) is 18.7. The number of hydrogen-bond acceptors (Lipinski definition) is 3. The molecule has 2 heterocycles. The third kappa shape index (κ3) is 6.88. The predicted molar refractivity (Wildman–Crippen MR) is 317 cm³/mol. The molecule has 0 atom stereocenters. The Kier molecular flexibility index (Phi) is 9.88. The summed E-state index contributed by atoms with van der Waals surface area (Å²) in [6.07, 6.45) is 0. The molecule has 0 bridgehead atoms. The van der Waals surface area contributed by atoms with Crippen molar-refractivity contribution in [3.8, 4) is 84.4 Å². The van der Waals surface area contributed by atoms with Crippen LogP contribution >= 0.6 is 0 Å². The van der Waals surface area contributed by atoms with Gasteiger partial charge in [0.05, 0.1) is 11.0 Å². The zero-order chi connectivity index (χ0) is 50.5. The maximum absolute atomic E-state index is 5.58. The van der Waals surface area contributed by atoms with Gasteiger partial charge in [0.25, 0.3) is 0 Å². The van der Waals surface area contributed by atoms with E-state index >= 15 is 0 Å². The molecular weight excluding hydrogens is 921 g/mol. The smallest absolute Gasteiger partial charge is 0.238 e. The second kappa shape index (κ2) is 17.2. The van der Waals surface area contributed by atoms with E-state index in [-0.39, 0.29) is 5.41 Å². The summed E-state index contributed by atoms with van der Waals surface area (Å²) in [5.41, 5.74) is 18.1. The fraction of sp³-hybridized carbons (Fsp3) is 0.0417. The Morgan fingerprint density at radius 3 is 1.54 bits per heavy atom. The lowest BCUT2D eigenvalue weighted by Crippen LogP contribution is -2.15. The highest BCUT2D eigenvalue weighted by molar-refractivity contribution is 6.17. The standard InChI is InChI=1S/C72H48N4/c1-72(2)64-36-15-13-30-57(64)62-43-63-58-31-14-16-37-66(58)76(67(63)44-65(62)72)71-74-69(48-24-7-4-8-25-48)73-70(75-71)51-41-49(45-20-5-3-6-21-45)40-50(42-51)54-38-39-61(56-33-18-27-47-23-10-12-29-53(47)56)68-59(54)34-19-35-60(68)55-32-17-26-46-22-9-11-28-52(46)55/h3-44H,1-2H3. The molecule has 0 saturated carbocycles. The fourth-order valence-electron chi connectivity index (χ4n) is 12.4. The van der Waals surface area contributed by atoms with E-state index in [1.165, 1.54) is 76.8 Å². The molecule has 0 unspecified atom stereocenters. The molecule has 0 radical (unpaired) electrons. The maximum Gasteiger partial charge on any atom is 0.238 e. The van der Waals surface area contributed by atoms with Crippen LogP contribution in [0.1, 0.15) is 25.0 Å². The fourth-order valence-corrected chi connectivity index (χ4v) is 12.4. The molecular formula is C72H48N4. The summed E-state index contributed by atoms with van der Waals surface area (Å²) in [6.45, 7) is 4.68. The van der Waals surface area contributed by atoms with Crippen LogP contribution in [-0.2, 0) is 5.41 Å². The number of rotatable bonds is 7. The Balaban J connectivity index is 0.996. The minimum atomic E-state index is -0.192. The molecule has 12 aromatic carbocycles. The zero-order valence-electron chi connectivity index (χ0n) is 42.0. The van der Waals surface area contributed by atoms with E-state index in [1.54, 1.807) is 0 Å². The van der Waals surface area contributed by atoms with Crippen molar-refractivity contribution in [1.29, 1.82) is 0 Å². The highest BCUT2D eigenvalue weighted by atomic mass is 15.2. The molecule has 0 spiro atoms. The Labute approximate surface area is 440 Å². The summed E-state index contributed by atoms with van der Waals surface area (Å²) in [4.78, 5) is 16.4.